The molecule has 2 heterocycles. The number of rotatable bonds is 8. The lowest BCUT2D eigenvalue weighted by molar-refractivity contribution is -0.122. The lowest BCUT2D eigenvalue weighted by Crippen LogP contribution is -2.40. The van der Waals surface area contributed by atoms with E-state index in [9.17, 15) is 4.79 Å². The number of hydrogen-bond acceptors (Lipinski definition) is 6. The third-order valence-corrected chi connectivity index (χ3v) is 4.03. The molecule has 24 heavy (non-hydrogen) atoms. The van der Waals surface area contributed by atoms with Crippen LogP contribution in [0.15, 0.2) is 30.5 Å². The van der Waals surface area contributed by atoms with E-state index in [2.05, 4.69) is 25.6 Å². The quantitative estimate of drug-likeness (QED) is 0.764. The summed E-state index contributed by atoms with van der Waals surface area (Å²) in [5, 5.41) is 6.09. The van der Waals surface area contributed by atoms with E-state index in [0.29, 0.717) is 18.9 Å². The second-order valence-electron chi connectivity index (χ2n) is 5.49. The van der Waals surface area contributed by atoms with Crippen LogP contribution in [0.3, 0.4) is 0 Å². The number of thioether (sulfide) groups is 1. The summed E-state index contributed by atoms with van der Waals surface area (Å²) in [7, 11) is 0. The Hall–Kier alpha value is -2.15. The first-order valence-corrected chi connectivity index (χ1v) is 9.23. The molecule has 1 atom stereocenters. The van der Waals surface area contributed by atoms with E-state index in [1.165, 1.54) is 0 Å². The number of pyridine rings is 1. The van der Waals surface area contributed by atoms with Crippen LogP contribution in [0.1, 0.15) is 23.5 Å². The van der Waals surface area contributed by atoms with Crippen molar-refractivity contribution < 1.29 is 4.79 Å². The molecule has 0 aliphatic rings. The molecule has 0 spiro atoms. The van der Waals surface area contributed by atoms with E-state index in [1.807, 2.05) is 44.4 Å². The maximum atomic E-state index is 12.5. The fourth-order valence-corrected chi connectivity index (χ4v) is 2.73. The van der Waals surface area contributed by atoms with Crippen LogP contribution in [0.4, 0.5) is 5.95 Å². The van der Waals surface area contributed by atoms with Gasteiger partial charge in [-0.05, 0) is 50.5 Å². The van der Waals surface area contributed by atoms with Crippen molar-refractivity contribution in [3.8, 4) is 0 Å². The third kappa shape index (κ3) is 5.81. The van der Waals surface area contributed by atoms with Gasteiger partial charge in [0.05, 0.1) is 12.2 Å². The van der Waals surface area contributed by atoms with Crippen LogP contribution in [-0.4, -0.2) is 38.9 Å². The van der Waals surface area contributed by atoms with Crippen LogP contribution < -0.4 is 10.6 Å². The highest BCUT2D eigenvalue weighted by atomic mass is 32.2. The number of carbonyl (C=O) groups excluding carboxylic acids is 1. The Morgan fingerprint density at radius 2 is 2.00 bits per heavy atom. The van der Waals surface area contributed by atoms with E-state index in [1.54, 1.807) is 18.0 Å². The molecular weight excluding hydrogens is 322 g/mol. The average Bonchev–Trinajstić information content (AvgIpc) is 2.56. The molecule has 1 amide bonds. The molecule has 0 radical (unpaired) electrons. The minimum Gasteiger partial charge on any atom is -0.349 e. The molecule has 2 aromatic rings. The van der Waals surface area contributed by atoms with Gasteiger partial charge in [-0.1, -0.05) is 6.07 Å². The maximum absolute atomic E-state index is 12.5. The normalized spacial score (nSPS) is 11.8. The van der Waals surface area contributed by atoms with Crippen LogP contribution in [0, 0.1) is 13.8 Å². The van der Waals surface area contributed by atoms with Gasteiger partial charge in [0.2, 0.25) is 11.9 Å². The SMILES string of the molecule is CSCCC(Nc1nc(C)cc(C)n1)C(=O)NCc1ccccn1. The molecule has 0 saturated carbocycles. The molecule has 0 aromatic carbocycles. The van der Waals surface area contributed by atoms with E-state index < -0.39 is 0 Å². The summed E-state index contributed by atoms with van der Waals surface area (Å²) < 4.78 is 0. The highest BCUT2D eigenvalue weighted by molar-refractivity contribution is 7.98. The first kappa shape index (κ1) is 18.2. The van der Waals surface area contributed by atoms with Gasteiger partial charge >= 0.3 is 0 Å². The minimum atomic E-state index is -0.373. The van der Waals surface area contributed by atoms with Crippen LogP contribution in [0.2, 0.25) is 0 Å². The standard InChI is InChI=1S/C17H23N5OS/c1-12-10-13(2)21-17(20-12)22-15(7-9-24-3)16(23)19-11-14-6-4-5-8-18-14/h4-6,8,10,15H,7,9,11H2,1-3H3,(H,19,23)(H,20,21,22). The summed E-state index contributed by atoms with van der Waals surface area (Å²) in [6.45, 7) is 4.24. The minimum absolute atomic E-state index is 0.0718. The third-order valence-electron chi connectivity index (χ3n) is 3.38. The first-order chi connectivity index (χ1) is 11.6. The summed E-state index contributed by atoms with van der Waals surface area (Å²) in [4.78, 5) is 25.5. The molecule has 2 aromatic heterocycles. The number of nitrogens with one attached hydrogen (secondary N) is 2. The fourth-order valence-electron chi connectivity index (χ4n) is 2.25. The van der Waals surface area contributed by atoms with Gasteiger partial charge < -0.3 is 10.6 Å². The van der Waals surface area contributed by atoms with Crippen molar-refractivity contribution in [3.05, 3.63) is 47.5 Å². The number of hydrogen-bond donors (Lipinski definition) is 2. The van der Waals surface area contributed by atoms with Crippen LogP contribution in [-0.2, 0) is 11.3 Å². The molecule has 2 rings (SSSR count). The van der Waals surface area contributed by atoms with Gasteiger partial charge in [0.1, 0.15) is 6.04 Å². The number of carbonyl (C=O) groups is 1. The number of nitrogens with zero attached hydrogens (tertiary/aromatic N) is 3. The van der Waals surface area contributed by atoms with Gasteiger partial charge in [-0.15, -0.1) is 0 Å². The predicted molar refractivity (Wildman–Crippen MR) is 98.0 cm³/mol. The van der Waals surface area contributed by atoms with Gasteiger partial charge in [-0.2, -0.15) is 11.8 Å². The highest BCUT2D eigenvalue weighted by Gasteiger charge is 2.19. The van der Waals surface area contributed by atoms with Crippen molar-refractivity contribution in [2.75, 3.05) is 17.3 Å². The number of aryl methyl sites for hydroxylation is 2. The number of amides is 1. The maximum Gasteiger partial charge on any atom is 0.242 e. The van der Waals surface area contributed by atoms with Crippen molar-refractivity contribution >= 4 is 23.6 Å². The van der Waals surface area contributed by atoms with E-state index in [4.69, 9.17) is 0 Å². The zero-order chi connectivity index (χ0) is 17.4. The lowest BCUT2D eigenvalue weighted by Gasteiger charge is -2.18. The van der Waals surface area contributed by atoms with Crippen molar-refractivity contribution in [2.24, 2.45) is 0 Å². The Balaban J connectivity index is 2.01. The van der Waals surface area contributed by atoms with Gasteiger partial charge in [-0.3, -0.25) is 9.78 Å². The van der Waals surface area contributed by atoms with E-state index in [0.717, 1.165) is 22.8 Å². The number of aromatic nitrogens is 3. The molecule has 0 bridgehead atoms. The molecule has 1 unspecified atom stereocenters. The zero-order valence-corrected chi connectivity index (χ0v) is 15.1. The Morgan fingerprint density at radius 1 is 1.25 bits per heavy atom. The zero-order valence-electron chi connectivity index (χ0n) is 14.2. The molecule has 128 valence electrons. The van der Waals surface area contributed by atoms with Gasteiger partial charge in [0, 0.05) is 17.6 Å². The molecule has 0 aliphatic heterocycles. The molecule has 0 fully saturated rings. The summed E-state index contributed by atoms with van der Waals surface area (Å²) in [5.74, 6) is 1.29. The smallest absolute Gasteiger partial charge is 0.242 e. The second kappa shape index (κ2) is 9.22. The van der Waals surface area contributed by atoms with Gasteiger partial charge in [-0.25, -0.2) is 9.97 Å². The van der Waals surface area contributed by atoms with Crippen molar-refractivity contribution in [3.63, 3.8) is 0 Å². The number of anilines is 1. The first-order valence-electron chi connectivity index (χ1n) is 7.84. The summed E-state index contributed by atoms with van der Waals surface area (Å²) in [6.07, 6.45) is 4.44. The van der Waals surface area contributed by atoms with Gasteiger partial charge in [0.25, 0.3) is 0 Å². The summed E-state index contributed by atoms with van der Waals surface area (Å²) >= 11 is 1.71. The largest absolute Gasteiger partial charge is 0.349 e. The predicted octanol–water partition coefficient (Wildman–Crippen LogP) is 2.34. The molecular formula is C17H23N5OS. The Labute approximate surface area is 146 Å². The monoisotopic (exact) mass is 345 g/mol. The Bertz CT molecular complexity index is 645. The van der Waals surface area contributed by atoms with E-state index >= 15 is 0 Å². The topological polar surface area (TPSA) is 79.8 Å². The molecule has 0 saturated heterocycles. The summed E-state index contributed by atoms with van der Waals surface area (Å²) in [5.41, 5.74) is 2.59. The Morgan fingerprint density at radius 3 is 2.62 bits per heavy atom. The molecule has 6 nitrogen and oxygen atoms in total. The van der Waals surface area contributed by atoms with Crippen molar-refractivity contribution in [1.82, 2.24) is 20.3 Å². The average molecular weight is 345 g/mol. The van der Waals surface area contributed by atoms with Crippen molar-refractivity contribution in [1.29, 1.82) is 0 Å². The van der Waals surface area contributed by atoms with Crippen LogP contribution >= 0.6 is 11.8 Å². The van der Waals surface area contributed by atoms with Crippen molar-refractivity contribution in [2.45, 2.75) is 32.9 Å². The van der Waals surface area contributed by atoms with Crippen LogP contribution in [0.25, 0.3) is 0 Å². The Kier molecular flexibility index (Phi) is 6.99. The van der Waals surface area contributed by atoms with Gasteiger partial charge in [0.15, 0.2) is 0 Å². The highest BCUT2D eigenvalue weighted by Crippen LogP contribution is 2.09. The van der Waals surface area contributed by atoms with Crippen LogP contribution in [0.5, 0.6) is 0 Å². The fraction of sp³-hybridized carbons (Fsp3) is 0.412. The lowest BCUT2D eigenvalue weighted by atomic mass is 10.2. The molecule has 2 N–H and O–H groups in total. The van der Waals surface area contributed by atoms with E-state index in [-0.39, 0.29) is 11.9 Å². The summed E-state index contributed by atoms with van der Waals surface area (Å²) in [6, 6.07) is 7.18. The second-order valence-corrected chi connectivity index (χ2v) is 6.48. The molecule has 7 heteroatoms. The molecule has 0 aliphatic carbocycles.